The van der Waals surface area contributed by atoms with Crippen molar-refractivity contribution in [1.82, 2.24) is 4.90 Å². The Morgan fingerprint density at radius 2 is 2.09 bits per heavy atom. The van der Waals surface area contributed by atoms with Gasteiger partial charge in [-0.05, 0) is 12.1 Å². The molecule has 0 unspecified atom stereocenters. The maximum atomic E-state index is 13.4. The third-order valence-corrected chi connectivity index (χ3v) is 3.21. The summed E-state index contributed by atoms with van der Waals surface area (Å²) in [7, 11) is 0. The molecule has 0 bridgehead atoms. The Labute approximate surface area is 133 Å². The van der Waals surface area contributed by atoms with Gasteiger partial charge in [0.25, 0.3) is 0 Å². The molecule has 0 amide bonds. The second-order valence-electron chi connectivity index (χ2n) is 4.74. The first-order valence-corrected chi connectivity index (χ1v) is 7.09. The highest BCUT2D eigenvalue weighted by Crippen LogP contribution is 2.25. The predicted molar refractivity (Wildman–Crippen MR) is 81.4 cm³/mol. The van der Waals surface area contributed by atoms with Crippen LogP contribution in [0.3, 0.4) is 0 Å². The van der Waals surface area contributed by atoms with Crippen molar-refractivity contribution in [3.8, 4) is 17.9 Å². The Bertz CT molecular complexity index is 628. The largest absolute Gasteiger partial charge is 0.490 e. The van der Waals surface area contributed by atoms with Crippen LogP contribution in [0.5, 0.6) is 5.75 Å². The smallest absolute Gasteiger partial charge is 0.237 e. The van der Waals surface area contributed by atoms with Crippen LogP contribution in [0, 0.1) is 28.5 Å². The van der Waals surface area contributed by atoms with E-state index in [0.717, 1.165) is 19.6 Å². The average molecular weight is 317 g/mol. The third kappa shape index (κ3) is 5.22. The van der Waals surface area contributed by atoms with Crippen LogP contribution >= 0.6 is 0 Å². The molecule has 23 heavy (non-hydrogen) atoms. The first-order chi connectivity index (χ1) is 11.2. The number of benzene rings is 1. The molecule has 1 fully saturated rings. The van der Waals surface area contributed by atoms with Crippen molar-refractivity contribution in [2.75, 3.05) is 44.9 Å². The van der Waals surface area contributed by atoms with Crippen molar-refractivity contribution in [2.45, 2.75) is 0 Å². The van der Waals surface area contributed by atoms with E-state index in [4.69, 9.17) is 20.0 Å². The molecule has 8 heteroatoms. The highest BCUT2D eigenvalue weighted by Gasteiger charge is 2.11. The van der Waals surface area contributed by atoms with Crippen molar-refractivity contribution >= 4 is 11.4 Å². The fourth-order valence-electron chi connectivity index (χ4n) is 2.02. The second-order valence-corrected chi connectivity index (χ2v) is 4.74. The number of ether oxygens (including phenoxy) is 2. The lowest BCUT2D eigenvalue weighted by Crippen LogP contribution is -2.38. The van der Waals surface area contributed by atoms with Crippen LogP contribution in [-0.2, 0) is 4.74 Å². The number of hydrogen-bond donors (Lipinski definition) is 1. The van der Waals surface area contributed by atoms with Crippen molar-refractivity contribution in [2.24, 2.45) is 5.10 Å². The highest BCUT2D eigenvalue weighted by atomic mass is 19.1. The summed E-state index contributed by atoms with van der Waals surface area (Å²) in [5, 5.41) is 20.9. The van der Waals surface area contributed by atoms with Gasteiger partial charge in [-0.2, -0.15) is 15.6 Å². The summed E-state index contributed by atoms with van der Waals surface area (Å²) in [4.78, 5) is 2.21. The van der Waals surface area contributed by atoms with Gasteiger partial charge < -0.3 is 9.47 Å². The zero-order chi connectivity index (χ0) is 16.5. The van der Waals surface area contributed by atoms with Gasteiger partial charge in [0.05, 0.1) is 13.2 Å². The Balaban J connectivity index is 1.96. The molecule has 2 rings (SSSR count). The van der Waals surface area contributed by atoms with E-state index in [9.17, 15) is 4.39 Å². The minimum Gasteiger partial charge on any atom is -0.490 e. The van der Waals surface area contributed by atoms with Crippen molar-refractivity contribution < 1.29 is 13.9 Å². The minimum atomic E-state index is -0.473. The maximum Gasteiger partial charge on any atom is 0.237 e. The molecule has 1 aliphatic rings. The van der Waals surface area contributed by atoms with Crippen LogP contribution < -0.4 is 10.2 Å². The van der Waals surface area contributed by atoms with Gasteiger partial charge >= 0.3 is 0 Å². The molecule has 0 spiro atoms. The number of halogens is 1. The molecule has 1 aromatic carbocycles. The van der Waals surface area contributed by atoms with E-state index >= 15 is 0 Å². The zero-order valence-electron chi connectivity index (χ0n) is 12.5. The normalized spacial score (nSPS) is 14.4. The molecule has 0 saturated carbocycles. The van der Waals surface area contributed by atoms with Crippen molar-refractivity contribution in [3.63, 3.8) is 0 Å². The minimum absolute atomic E-state index is 0.259. The lowest BCUT2D eigenvalue weighted by atomic mass is 10.3. The van der Waals surface area contributed by atoms with E-state index in [1.54, 1.807) is 12.1 Å². The second kappa shape index (κ2) is 8.69. The number of nitrogens with one attached hydrogen (secondary N) is 1. The van der Waals surface area contributed by atoms with Crippen LogP contribution in [-0.4, -0.2) is 50.1 Å². The fraction of sp³-hybridized carbons (Fsp3) is 0.400. The lowest BCUT2D eigenvalue weighted by molar-refractivity contribution is 0.0323. The van der Waals surface area contributed by atoms with Gasteiger partial charge in [0.15, 0.2) is 0 Å². The van der Waals surface area contributed by atoms with Crippen LogP contribution in [0.1, 0.15) is 0 Å². The molecule has 7 nitrogen and oxygen atoms in total. The van der Waals surface area contributed by atoms with Gasteiger partial charge in [-0.25, -0.2) is 4.39 Å². The fourth-order valence-corrected chi connectivity index (χ4v) is 2.02. The monoisotopic (exact) mass is 317 g/mol. The summed E-state index contributed by atoms with van der Waals surface area (Å²) in [6, 6.07) is 7.17. The molecule has 0 radical (unpaired) electrons. The summed E-state index contributed by atoms with van der Waals surface area (Å²) in [5.41, 5.74) is 2.39. The molecule has 1 heterocycles. The topological polar surface area (TPSA) is 93.7 Å². The van der Waals surface area contributed by atoms with E-state index in [1.807, 2.05) is 0 Å². The molecule has 1 N–H and O–H groups in total. The van der Waals surface area contributed by atoms with Crippen LogP contribution in [0.15, 0.2) is 23.3 Å². The van der Waals surface area contributed by atoms with Crippen molar-refractivity contribution in [3.05, 3.63) is 24.0 Å². The molecule has 1 aliphatic heterocycles. The van der Waals surface area contributed by atoms with Crippen LogP contribution in [0.2, 0.25) is 0 Å². The number of hydrazone groups is 1. The standard InChI is InChI=1S/C15H16FN5O2/c16-12-1-2-15(14(9-12)20-19-13(10-17)11-18)23-8-5-21-3-6-22-7-4-21/h1-2,9,20H,3-8H2. The van der Waals surface area contributed by atoms with Gasteiger partial charge in [0.2, 0.25) is 5.71 Å². The molecular weight excluding hydrogens is 301 g/mol. The van der Waals surface area contributed by atoms with Crippen LogP contribution in [0.4, 0.5) is 10.1 Å². The first-order valence-electron chi connectivity index (χ1n) is 7.09. The summed E-state index contributed by atoms with van der Waals surface area (Å²) in [6.07, 6.45) is 0. The Morgan fingerprint density at radius 1 is 1.35 bits per heavy atom. The average Bonchev–Trinajstić information content (AvgIpc) is 2.58. The Kier molecular flexibility index (Phi) is 6.30. The predicted octanol–water partition coefficient (Wildman–Crippen LogP) is 1.35. The van der Waals surface area contributed by atoms with E-state index in [2.05, 4.69) is 15.4 Å². The molecule has 0 aromatic heterocycles. The molecular formula is C15H16FN5O2. The van der Waals surface area contributed by atoms with E-state index in [1.165, 1.54) is 18.2 Å². The number of nitriles is 2. The quantitative estimate of drug-likeness (QED) is 0.629. The zero-order valence-corrected chi connectivity index (χ0v) is 12.5. The van der Waals surface area contributed by atoms with Gasteiger partial charge in [0.1, 0.15) is 36.0 Å². The van der Waals surface area contributed by atoms with Gasteiger partial charge in [-0.3, -0.25) is 10.3 Å². The SMILES string of the molecule is N#CC(C#N)=NNc1cc(F)ccc1OCCN1CCOCC1. The lowest BCUT2D eigenvalue weighted by Gasteiger charge is -2.26. The molecule has 0 aliphatic carbocycles. The number of rotatable bonds is 6. The third-order valence-electron chi connectivity index (χ3n) is 3.21. The number of anilines is 1. The highest BCUT2D eigenvalue weighted by molar-refractivity contribution is 6.10. The summed E-state index contributed by atoms with van der Waals surface area (Å²) < 4.78 is 24.3. The summed E-state index contributed by atoms with van der Waals surface area (Å²) in [6.45, 7) is 4.29. The van der Waals surface area contributed by atoms with Crippen molar-refractivity contribution in [1.29, 1.82) is 10.5 Å². The van der Waals surface area contributed by atoms with Gasteiger partial charge in [0, 0.05) is 25.7 Å². The molecule has 1 aromatic rings. The number of morpholine rings is 1. The molecule has 0 atom stereocenters. The van der Waals surface area contributed by atoms with Gasteiger partial charge in [-0.1, -0.05) is 0 Å². The summed E-state index contributed by atoms with van der Waals surface area (Å²) in [5.74, 6) is -0.0719. The molecule has 1 saturated heterocycles. The van der Waals surface area contributed by atoms with Gasteiger partial charge in [-0.15, -0.1) is 0 Å². The number of nitrogens with zero attached hydrogens (tertiary/aromatic N) is 4. The van der Waals surface area contributed by atoms with E-state index in [-0.39, 0.29) is 11.4 Å². The Hall–Kier alpha value is -2.68. The first kappa shape index (κ1) is 16.7. The van der Waals surface area contributed by atoms with E-state index in [0.29, 0.717) is 25.6 Å². The van der Waals surface area contributed by atoms with Crippen LogP contribution in [0.25, 0.3) is 0 Å². The summed E-state index contributed by atoms with van der Waals surface area (Å²) >= 11 is 0. The molecule has 120 valence electrons. The number of hydrogen-bond acceptors (Lipinski definition) is 7. The maximum absolute atomic E-state index is 13.4. The van der Waals surface area contributed by atoms with E-state index < -0.39 is 5.82 Å². The Morgan fingerprint density at radius 3 is 2.78 bits per heavy atom.